The van der Waals surface area contributed by atoms with Crippen LogP contribution in [0.5, 0.6) is 0 Å². The summed E-state index contributed by atoms with van der Waals surface area (Å²) in [5.74, 6) is 1.00. The van der Waals surface area contributed by atoms with E-state index < -0.39 is 5.60 Å². The van der Waals surface area contributed by atoms with Gasteiger partial charge >= 0.3 is 6.09 Å². The molecule has 3 aromatic rings. The number of carbonyl (C=O) groups excluding carboxylic acids is 1. The predicted molar refractivity (Wildman–Crippen MR) is 117 cm³/mol. The normalized spacial score (nSPS) is 18.7. The lowest BCUT2D eigenvalue weighted by atomic mass is 9.92. The van der Waals surface area contributed by atoms with Gasteiger partial charge in [0.25, 0.3) is 0 Å². The summed E-state index contributed by atoms with van der Waals surface area (Å²) in [7, 11) is 0. The molecule has 1 N–H and O–H groups in total. The van der Waals surface area contributed by atoms with Gasteiger partial charge in [-0.2, -0.15) is 4.98 Å². The van der Waals surface area contributed by atoms with Gasteiger partial charge in [0.15, 0.2) is 0 Å². The zero-order valence-corrected chi connectivity index (χ0v) is 17.4. The number of carbonyl (C=O) groups is 1. The third-order valence-electron chi connectivity index (χ3n) is 5.47. The van der Waals surface area contributed by atoms with Gasteiger partial charge in [0.1, 0.15) is 11.4 Å². The lowest BCUT2D eigenvalue weighted by molar-refractivity contribution is 0.0686. The Morgan fingerprint density at radius 3 is 2.43 bits per heavy atom. The Kier molecular flexibility index (Phi) is 5.40. The molecule has 0 bridgehead atoms. The van der Waals surface area contributed by atoms with Crippen molar-refractivity contribution in [2.75, 3.05) is 10.2 Å². The molecule has 4 rings (SSSR count). The SMILES string of the molecule is C[C@H](Nc1nccc(N2C(=O)OC(C)(C)[C@@H]2Cc2ccccc2)n1)c1ccccc1. The Morgan fingerprint density at radius 2 is 1.73 bits per heavy atom. The van der Waals surface area contributed by atoms with Gasteiger partial charge in [0, 0.05) is 6.20 Å². The molecule has 0 radical (unpaired) electrons. The van der Waals surface area contributed by atoms with Crippen LogP contribution < -0.4 is 10.2 Å². The third-order valence-corrected chi connectivity index (χ3v) is 5.47. The van der Waals surface area contributed by atoms with E-state index in [0.29, 0.717) is 18.2 Å². The largest absolute Gasteiger partial charge is 0.441 e. The first-order chi connectivity index (χ1) is 14.4. The number of ether oxygens (including phenoxy) is 1. The second-order valence-corrected chi connectivity index (χ2v) is 8.06. The maximum Gasteiger partial charge on any atom is 0.416 e. The van der Waals surface area contributed by atoms with Crippen molar-refractivity contribution >= 4 is 17.9 Å². The summed E-state index contributed by atoms with van der Waals surface area (Å²) in [4.78, 5) is 23.4. The quantitative estimate of drug-likeness (QED) is 0.629. The minimum absolute atomic E-state index is 0.0311. The fraction of sp³-hybridized carbons (Fsp3) is 0.292. The number of hydrogen-bond donors (Lipinski definition) is 1. The topological polar surface area (TPSA) is 67.4 Å². The number of nitrogens with zero attached hydrogens (tertiary/aromatic N) is 3. The predicted octanol–water partition coefficient (Wildman–Crippen LogP) is 5.00. The summed E-state index contributed by atoms with van der Waals surface area (Å²) in [5, 5.41) is 3.32. The Bertz CT molecular complexity index is 1010. The first kappa shape index (κ1) is 19.9. The molecule has 1 aromatic heterocycles. The second-order valence-electron chi connectivity index (χ2n) is 8.06. The van der Waals surface area contributed by atoms with Gasteiger partial charge in [0.05, 0.1) is 12.1 Å². The van der Waals surface area contributed by atoms with Crippen LogP contribution in [0, 0.1) is 0 Å². The molecule has 0 saturated carbocycles. The summed E-state index contributed by atoms with van der Waals surface area (Å²) < 4.78 is 5.70. The van der Waals surface area contributed by atoms with Crippen molar-refractivity contribution in [3.8, 4) is 0 Å². The molecule has 0 aliphatic carbocycles. The van der Waals surface area contributed by atoms with Gasteiger partial charge in [-0.25, -0.2) is 9.78 Å². The lowest BCUT2D eigenvalue weighted by Crippen LogP contribution is -2.43. The fourth-order valence-corrected chi connectivity index (χ4v) is 3.78. The second kappa shape index (κ2) is 8.14. The molecule has 6 heteroatoms. The molecular formula is C24H26N4O2. The number of nitrogens with one attached hydrogen (secondary N) is 1. The van der Waals surface area contributed by atoms with E-state index in [0.717, 1.165) is 11.1 Å². The van der Waals surface area contributed by atoms with Crippen molar-refractivity contribution in [2.24, 2.45) is 0 Å². The molecule has 2 heterocycles. The average molecular weight is 402 g/mol. The number of benzene rings is 2. The molecule has 1 fully saturated rings. The van der Waals surface area contributed by atoms with Crippen molar-refractivity contribution in [3.05, 3.63) is 84.1 Å². The van der Waals surface area contributed by atoms with E-state index in [1.807, 2.05) is 50.2 Å². The monoisotopic (exact) mass is 402 g/mol. The van der Waals surface area contributed by atoms with Crippen LogP contribution >= 0.6 is 0 Å². The first-order valence-electron chi connectivity index (χ1n) is 10.1. The Morgan fingerprint density at radius 1 is 1.07 bits per heavy atom. The maximum atomic E-state index is 12.8. The minimum Gasteiger partial charge on any atom is -0.441 e. The molecule has 1 saturated heterocycles. The summed E-state index contributed by atoms with van der Waals surface area (Å²) in [6.07, 6.45) is 1.95. The first-order valence-corrected chi connectivity index (χ1v) is 10.1. The van der Waals surface area contributed by atoms with Gasteiger partial charge in [-0.15, -0.1) is 0 Å². The average Bonchev–Trinajstić information content (AvgIpc) is 2.97. The van der Waals surface area contributed by atoms with Crippen LogP contribution in [-0.2, 0) is 11.2 Å². The fourth-order valence-electron chi connectivity index (χ4n) is 3.78. The van der Waals surface area contributed by atoms with Crippen LogP contribution in [0.25, 0.3) is 0 Å². The van der Waals surface area contributed by atoms with E-state index in [9.17, 15) is 4.79 Å². The van der Waals surface area contributed by atoms with E-state index in [1.54, 1.807) is 17.2 Å². The molecule has 0 unspecified atom stereocenters. The van der Waals surface area contributed by atoms with Gasteiger partial charge in [-0.3, -0.25) is 4.90 Å². The van der Waals surface area contributed by atoms with Crippen LogP contribution in [0.1, 0.15) is 37.9 Å². The summed E-state index contributed by atoms with van der Waals surface area (Å²) >= 11 is 0. The number of hydrogen-bond acceptors (Lipinski definition) is 5. The van der Waals surface area contributed by atoms with E-state index >= 15 is 0 Å². The molecule has 1 aliphatic rings. The van der Waals surface area contributed by atoms with Gasteiger partial charge in [0.2, 0.25) is 5.95 Å². The molecule has 2 atom stereocenters. The number of aromatic nitrogens is 2. The molecular weight excluding hydrogens is 376 g/mol. The zero-order valence-electron chi connectivity index (χ0n) is 17.4. The molecule has 6 nitrogen and oxygen atoms in total. The van der Waals surface area contributed by atoms with Crippen molar-refractivity contribution in [2.45, 2.75) is 44.9 Å². The smallest absolute Gasteiger partial charge is 0.416 e. The zero-order chi connectivity index (χ0) is 21.1. The van der Waals surface area contributed by atoms with Crippen LogP contribution in [0.3, 0.4) is 0 Å². The molecule has 1 amide bonds. The molecule has 1 aliphatic heterocycles. The highest BCUT2D eigenvalue weighted by molar-refractivity contribution is 5.90. The van der Waals surface area contributed by atoms with E-state index in [-0.39, 0.29) is 18.2 Å². The summed E-state index contributed by atoms with van der Waals surface area (Å²) in [6.45, 7) is 5.93. The highest BCUT2D eigenvalue weighted by Crippen LogP contribution is 2.35. The molecule has 2 aromatic carbocycles. The maximum absolute atomic E-state index is 12.8. The van der Waals surface area contributed by atoms with Crippen LogP contribution in [0.4, 0.5) is 16.6 Å². The van der Waals surface area contributed by atoms with Gasteiger partial charge in [-0.1, -0.05) is 60.7 Å². The number of anilines is 2. The van der Waals surface area contributed by atoms with Crippen molar-refractivity contribution in [1.82, 2.24) is 9.97 Å². The van der Waals surface area contributed by atoms with E-state index in [2.05, 4.69) is 46.5 Å². The third kappa shape index (κ3) is 4.13. The standard InChI is InChI=1S/C24H26N4O2/c1-17(19-12-8-5-9-13-19)26-22-25-15-14-21(27-22)28-20(24(2,3)30-23(28)29)16-18-10-6-4-7-11-18/h4-15,17,20H,16H2,1-3H3,(H,25,26,27)/t17-,20-/m0/s1. The van der Waals surface area contributed by atoms with Gasteiger partial charge < -0.3 is 10.1 Å². The van der Waals surface area contributed by atoms with Crippen LogP contribution in [0.2, 0.25) is 0 Å². The molecule has 0 spiro atoms. The van der Waals surface area contributed by atoms with Crippen LogP contribution in [-0.4, -0.2) is 27.7 Å². The summed E-state index contributed by atoms with van der Waals surface area (Å²) in [5.41, 5.74) is 1.64. The van der Waals surface area contributed by atoms with E-state index in [1.165, 1.54) is 0 Å². The molecule has 154 valence electrons. The van der Waals surface area contributed by atoms with E-state index in [4.69, 9.17) is 4.74 Å². The number of cyclic esters (lactones) is 1. The summed E-state index contributed by atoms with van der Waals surface area (Å²) in [6, 6.07) is 21.8. The Hall–Kier alpha value is -3.41. The Labute approximate surface area is 176 Å². The van der Waals surface area contributed by atoms with Crippen molar-refractivity contribution in [1.29, 1.82) is 0 Å². The minimum atomic E-state index is -0.636. The number of rotatable bonds is 6. The van der Waals surface area contributed by atoms with Crippen molar-refractivity contribution in [3.63, 3.8) is 0 Å². The Balaban J connectivity index is 1.60. The number of amides is 1. The van der Waals surface area contributed by atoms with Crippen molar-refractivity contribution < 1.29 is 9.53 Å². The van der Waals surface area contributed by atoms with Crippen LogP contribution in [0.15, 0.2) is 72.9 Å². The highest BCUT2D eigenvalue weighted by Gasteiger charge is 2.48. The lowest BCUT2D eigenvalue weighted by Gasteiger charge is -2.28. The molecule has 30 heavy (non-hydrogen) atoms. The highest BCUT2D eigenvalue weighted by atomic mass is 16.6. The van der Waals surface area contributed by atoms with Gasteiger partial charge in [-0.05, 0) is 44.4 Å².